The number of thioether (sulfide) groups is 1. The van der Waals surface area contributed by atoms with Crippen LogP contribution >= 0.6 is 27.7 Å². The van der Waals surface area contributed by atoms with Crippen molar-refractivity contribution in [3.05, 3.63) is 0 Å². The molecule has 2 heterocycles. The third kappa shape index (κ3) is 2.21. The molecule has 2 rings (SSSR count). The van der Waals surface area contributed by atoms with Gasteiger partial charge in [0.1, 0.15) is 0 Å². The number of nitrogens with zero attached hydrogens (tertiary/aromatic N) is 1. The Bertz CT molecular complexity index is 206. The first-order valence-corrected chi connectivity index (χ1v) is 6.85. The van der Waals surface area contributed by atoms with Gasteiger partial charge in [-0.1, -0.05) is 15.9 Å². The van der Waals surface area contributed by atoms with Crippen LogP contribution in [0.5, 0.6) is 0 Å². The molecule has 2 aliphatic heterocycles. The molecule has 0 radical (unpaired) electrons. The van der Waals surface area contributed by atoms with E-state index in [0.717, 1.165) is 25.4 Å². The Hall–Kier alpha value is 0.300. The van der Waals surface area contributed by atoms with Gasteiger partial charge < -0.3 is 4.90 Å². The molecule has 2 nitrogen and oxygen atoms in total. The molecule has 74 valence electrons. The fourth-order valence-corrected chi connectivity index (χ4v) is 3.69. The summed E-state index contributed by atoms with van der Waals surface area (Å²) in [5.74, 6) is 3.59. The van der Waals surface area contributed by atoms with Gasteiger partial charge in [0.15, 0.2) is 0 Å². The SMILES string of the molecule is O=C1C(Br)CCN1CC1CCSC1. The minimum absolute atomic E-state index is 0.0987. The highest BCUT2D eigenvalue weighted by Crippen LogP contribution is 2.26. The largest absolute Gasteiger partial charge is 0.341 e. The lowest BCUT2D eigenvalue weighted by Crippen LogP contribution is -2.32. The number of carbonyl (C=O) groups is 1. The molecule has 13 heavy (non-hydrogen) atoms. The van der Waals surface area contributed by atoms with Crippen LogP contribution in [0.15, 0.2) is 0 Å². The zero-order valence-electron chi connectivity index (χ0n) is 7.54. The van der Waals surface area contributed by atoms with Gasteiger partial charge in [0.2, 0.25) is 5.91 Å². The minimum Gasteiger partial charge on any atom is -0.341 e. The third-order valence-electron chi connectivity index (χ3n) is 2.73. The Kier molecular flexibility index (Phi) is 3.19. The third-order valence-corrected chi connectivity index (χ3v) is 4.82. The first-order chi connectivity index (χ1) is 6.27. The van der Waals surface area contributed by atoms with E-state index in [9.17, 15) is 4.79 Å². The van der Waals surface area contributed by atoms with Gasteiger partial charge in [-0.25, -0.2) is 0 Å². The maximum Gasteiger partial charge on any atom is 0.236 e. The monoisotopic (exact) mass is 263 g/mol. The van der Waals surface area contributed by atoms with E-state index in [0.29, 0.717) is 5.91 Å². The molecular weight excluding hydrogens is 250 g/mol. The zero-order chi connectivity index (χ0) is 9.26. The van der Waals surface area contributed by atoms with Crippen LogP contribution < -0.4 is 0 Å². The molecule has 0 spiro atoms. The number of hydrogen-bond donors (Lipinski definition) is 0. The van der Waals surface area contributed by atoms with Crippen LogP contribution in [0.4, 0.5) is 0 Å². The standard InChI is InChI=1S/C9H14BrNOS/c10-8-1-3-11(9(8)12)5-7-2-4-13-6-7/h7-8H,1-6H2. The average Bonchev–Trinajstić information content (AvgIpc) is 2.71. The Morgan fingerprint density at radius 3 is 2.92 bits per heavy atom. The van der Waals surface area contributed by atoms with Gasteiger partial charge in [0, 0.05) is 13.1 Å². The number of alkyl halides is 1. The lowest BCUT2D eigenvalue weighted by molar-refractivity contribution is -0.127. The van der Waals surface area contributed by atoms with E-state index < -0.39 is 0 Å². The van der Waals surface area contributed by atoms with Gasteiger partial charge >= 0.3 is 0 Å². The van der Waals surface area contributed by atoms with Crippen LogP contribution in [0.3, 0.4) is 0 Å². The molecule has 0 aromatic carbocycles. The quantitative estimate of drug-likeness (QED) is 0.708. The second kappa shape index (κ2) is 4.22. The molecule has 0 aromatic heterocycles. The highest BCUT2D eigenvalue weighted by Gasteiger charge is 2.31. The molecule has 2 fully saturated rings. The summed E-state index contributed by atoms with van der Waals surface area (Å²) in [5, 5.41) is 0. The van der Waals surface area contributed by atoms with Gasteiger partial charge in [-0.15, -0.1) is 0 Å². The molecule has 0 N–H and O–H groups in total. The maximum atomic E-state index is 11.6. The number of amides is 1. The van der Waals surface area contributed by atoms with Crippen LogP contribution in [0.2, 0.25) is 0 Å². The van der Waals surface area contributed by atoms with E-state index in [-0.39, 0.29) is 4.83 Å². The molecule has 4 heteroatoms. The normalized spacial score (nSPS) is 34.5. The molecule has 0 aromatic rings. The average molecular weight is 264 g/mol. The summed E-state index contributed by atoms with van der Waals surface area (Å²) >= 11 is 5.41. The van der Waals surface area contributed by atoms with Crippen molar-refractivity contribution < 1.29 is 4.79 Å². The lowest BCUT2D eigenvalue weighted by Gasteiger charge is -2.19. The molecule has 2 atom stereocenters. The van der Waals surface area contributed by atoms with Crippen molar-refractivity contribution in [2.75, 3.05) is 24.6 Å². The highest BCUT2D eigenvalue weighted by atomic mass is 79.9. The van der Waals surface area contributed by atoms with Crippen molar-refractivity contribution in [1.29, 1.82) is 0 Å². The molecule has 0 bridgehead atoms. The van der Waals surface area contributed by atoms with Crippen LogP contribution in [0, 0.1) is 5.92 Å². The molecule has 2 aliphatic rings. The summed E-state index contributed by atoms with van der Waals surface area (Å²) in [6.45, 7) is 1.95. The summed E-state index contributed by atoms with van der Waals surface area (Å²) in [5.41, 5.74) is 0. The topological polar surface area (TPSA) is 20.3 Å². The van der Waals surface area contributed by atoms with Gasteiger partial charge in [-0.05, 0) is 30.3 Å². The molecule has 2 unspecified atom stereocenters. The fourth-order valence-electron chi connectivity index (χ4n) is 1.92. The summed E-state index contributed by atoms with van der Waals surface area (Å²) in [4.78, 5) is 13.7. The van der Waals surface area contributed by atoms with E-state index in [4.69, 9.17) is 0 Å². The van der Waals surface area contributed by atoms with Gasteiger partial charge in [0.05, 0.1) is 4.83 Å². The molecule has 1 amide bonds. The molecular formula is C9H14BrNOS. The first kappa shape index (κ1) is 9.84. The number of rotatable bonds is 2. The van der Waals surface area contributed by atoms with E-state index >= 15 is 0 Å². The molecule has 0 saturated carbocycles. The van der Waals surface area contributed by atoms with E-state index in [1.54, 1.807) is 0 Å². The van der Waals surface area contributed by atoms with Crippen molar-refractivity contribution in [2.45, 2.75) is 17.7 Å². The van der Waals surface area contributed by atoms with E-state index in [2.05, 4.69) is 15.9 Å². The van der Waals surface area contributed by atoms with Crippen molar-refractivity contribution in [3.8, 4) is 0 Å². The van der Waals surface area contributed by atoms with Gasteiger partial charge in [0.25, 0.3) is 0 Å². The Balaban J connectivity index is 1.84. The fraction of sp³-hybridized carbons (Fsp3) is 0.889. The Labute approximate surface area is 91.6 Å². The van der Waals surface area contributed by atoms with Crippen molar-refractivity contribution in [1.82, 2.24) is 4.90 Å². The predicted molar refractivity (Wildman–Crippen MR) is 59.3 cm³/mol. The van der Waals surface area contributed by atoms with Crippen LogP contribution in [-0.4, -0.2) is 40.2 Å². The van der Waals surface area contributed by atoms with Crippen molar-refractivity contribution in [3.63, 3.8) is 0 Å². The summed E-state index contributed by atoms with van der Waals surface area (Å²) in [6, 6.07) is 0. The second-order valence-electron chi connectivity index (χ2n) is 3.77. The van der Waals surface area contributed by atoms with Gasteiger partial charge in [-0.3, -0.25) is 4.79 Å². The summed E-state index contributed by atoms with van der Waals surface area (Å²) in [6.07, 6.45) is 2.28. The lowest BCUT2D eigenvalue weighted by atomic mass is 10.1. The van der Waals surface area contributed by atoms with Crippen LogP contribution in [0.1, 0.15) is 12.8 Å². The number of hydrogen-bond acceptors (Lipinski definition) is 2. The summed E-state index contributed by atoms with van der Waals surface area (Å²) < 4.78 is 0. The molecule has 0 aliphatic carbocycles. The first-order valence-electron chi connectivity index (χ1n) is 4.78. The second-order valence-corrected chi connectivity index (χ2v) is 6.03. The minimum atomic E-state index is 0.0987. The Morgan fingerprint density at radius 1 is 1.54 bits per heavy atom. The smallest absolute Gasteiger partial charge is 0.236 e. The van der Waals surface area contributed by atoms with Crippen molar-refractivity contribution in [2.24, 2.45) is 5.92 Å². The molecule has 2 saturated heterocycles. The predicted octanol–water partition coefficient (Wildman–Crippen LogP) is 1.74. The van der Waals surface area contributed by atoms with Crippen LogP contribution in [0.25, 0.3) is 0 Å². The maximum absolute atomic E-state index is 11.6. The van der Waals surface area contributed by atoms with Crippen molar-refractivity contribution >= 4 is 33.6 Å². The van der Waals surface area contributed by atoms with Crippen LogP contribution in [-0.2, 0) is 4.79 Å². The van der Waals surface area contributed by atoms with E-state index in [1.165, 1.54) is 17.9 Å². The highest BCUT2D eigenvalue weighted by molar-refractivity contribution is 9.10. The number of likely N-dealkylation sites (tertiary alicyclic amines) is 1. The Morgan fingerprint density at radius 2 is 2.38 bits per heavy atom. The summed E-state index contributed by atoms with van der Waals surface area (Å²) in [7, 11) is 0. The zero-order valence-corrected chi connectivity index (χ0v) is 9.94. The number of halogens is 1. The van der Waals surface area contributed by atoms with E-state index in [1.807, 2.05) is 16.7 Å². The van der Waals surface area contributed by atoms with Gasteiger partial charge in [-0.2, -0.15) is 11.8 Å². The number of carbonyl (C=O) groups excluding carboxylic acids is 1.